The molecule has 1 N–H and O–H groups in total. The molecule has 7 atom stereocenters. The Labute approximate surface area is 325 Å². The summed E-state index contributed by atoms with van der Waals surface area (Å²) >= 11 is 0. The average Bonchev–Trinajstić information content (AvgIpc) is 4.00. The molecule has 13 heteroatoms. The highest BCUT2D eigenvalue weighted by atomic mass is 32.2. The molecular formula is C42H57N3O9S. The van der Waals surface area contributed by atoms with Gasteiger partial charge in [0.25, 0.3) is 0 Å². The van der Waals surface area contributed by atoms with Crippen molar-refractivity contribution in [2.24, 2.45) is 29.1 Å². The number of nitrogens with one attached hydrogen (secondary N) is 1. The third-order valence-electron chi connectivity index (χ3n) is 12.2. The Morgan fingerprint density at radius 2 is 1.84 bits per heavy atom. The normalized spacial score (nSPS) is 30.3. The Hall–Kier alpha value is -4.00. The summed E-state index contributed by atoms with van der Waals surface area (Å²) in [6, 6.07) is 6.40. The minimum absolute atomic E-state index is 0.0589. The van der Waals surface area contributed by atoms with Crippen molar-refractivity contribution < 1.29 is 41.8 Å². The fourth-order valence-electron chi connectivity index (χ4n) is 8.49. The molecule has 2 aromatic rings. The van der Waals surface area contributed by atoms with E-state index < -0.39 is 55.7 Å². The van der Waals surface area contributed by atoms with Crippen LogP contribution in [0.3, 0.4) is 0 Å². The molecule has 1 aromatic carbocycles. The van der Waals surface area contributed by atoms with Gasteiger partial charge in [-0.1, -0.05) is 38.5 Å². The quantitative estimate of drug-likeness (QED) is 0.226. The molecule has 2 aliphatic heterocycles. The topological polar surface area (TPSA) is 158 Å². The molecule has 0 bridgehead atoms. The van der Waals surface area contributed by atoms with E-state index in [0.717, 1.165) is 18.2 Å². The van der Waals surface area contributed by atoms with Gasteiger partial charge < -0.3 is 19.1 Å². The number of esters is 1. The van der Waals surface area contributed by atoms with Crippen LogP contribution in [-0.2, 0) is 33.9 Å². The number of Topliss-reactive ketones (excluding diaryl/α,β-unsaturated/α-hetero) is 1. The smallest absolute Gasteiger partial charge is 0.307 e. The number of rotatable bonds is 9. The van der Waals surface area contributed by atoms with Gasteiger partial charge >= 0.3 is 5.97 Å². The van der Waals surface area contributed by atoms with Gasteiger partial charge in [0.05, 0.1) is 42.2 Å². The number of allylic oxidation sites excluding steroid dienone is 2. The molecule has 2 amide bonds. The van der Waals surface area contributed by atoms with Gasteiger partial charge in [-0.25, -0.2) is 13.4 Å². The molecular weight excluding hydrogens is 723 g/mol. The number of aromatic nitrogens is 1. The summed E-state index contributed by atoms with van der Waals surface area (Å²) in [7, 11) is -2.36. The molecule has 3 heterocycles. The number of benzene rings is 1. The zero-order chi connectivity index (χ0) is 39.9. The van der Waals surface area contributed by atoms with Crippen LogP contribution in [0.2, 0.25) is 0 Å². The zero-order valence-corrected chi connectivity index (χ0v) is 34.1. The predicted octanol–water partition coefficient (Wildman–Crippen LogP) is 6.31. The van der Waals surface area contributed by atoms with Gasteiger partial charge in [-0.05, 0) is 102 Å². The van der Waals surface area contributed by atoms with Crippen LogP contribution < -0.4 is 14.2 Å². The van der Waals surface area contributed by atoms with E-state index in [1.807, 2.05) is 43.3 Å². The number of sulfonamides is 1. The van der Waals surface area contributed by atoms with E-state index in [-0.39, 0.29) is 55.3 Å². The molecule has 0 radical (unpaired) electrons. The Morgan fingerprint density at radius 3 is 2.51 bits per heavy atom. The highest BCUT2D eigenvalue weighted by Crippen LogP contribution is 2.58. The van der Waals surface area contributed by atoms with Gasteiger partial charge in [0.1, 0.15) is 17.5 Å². The summed E-state index contributed by atoms with van der Waals surface area (Å²) < 4.78 is 45.6. The number of carbonyl (C=O) groups is 4. The molecule has 2 saturated carbocycles. The van der Waals surface area contributed by atoms with Crippen molar-refractivity contribution >= 4 is 44.4 Å². The van der Waals surface area contributed by atoms with Crippen molar-refractivity contribution in [1.29, 1.82) is 0 Å². The number of pyridine rings is 1. The van der Waals surface area contributed by atoms with E-state index in [1.165, 1.54) is 0 Å². The summed E-state index contributed by atoms with van der Waals surface area (Å²) in [5, 5.41) is 1.50. The first kappa shape index (κ1) is 40.7. The summed E-state index contributed by atoms with van der Waals surface area (Å²) in [4.78, 5) is 63.2. The number of amides is 2. The van der Waals surface area contributed by atoms with Crippen LogP contribution in [0.15, 0.2) is 42.6 Å². The molecule has 3 fully saturated rings. The third-order valence-corrected chi connectivity index (χ3v) is 14.3. The van der Waals surface area contributed by atoms with Gasteiger partial charge in [-0.3, -0.25) is 23.9 Å². The number of fused-ring (bicyclic) bond motifs is 3. The standard InChI is InChI=1S/C42H57N3O9S/c1-8-27-20-26(2)12-9-10-13-28-23-42(28,39(49)44-55(50,51)41(6)17-18-41)24-34(46)33-21-29(25-45(33)38(48)32(27)22-36(47)54-40(3,4)5)53-37-31-14-11-15-35(52-7)30(31)16-19-43-37/h10-11,13-16,19,26-29,32-33H,8-9,12,17-18,20-25H2,1-7H3,(H,44,49)/b13-10-/t26-,27+,28+,29+,32-,33-,42+/m0/s1. The van der Waals surface area contributed by atoms with Crippen LogP contribution in [-0.4, -0.2) is 78.0 Å². The summed E-state index contributed by atoms with van der Waals surface area (Å²) in [6.07, 6.45) is 8.85. The van der Waals surface area contributed by atoms with Crippen LogP contribution >= 0.6 is 0 Å². The van der Waals surface area contributed by atoms with Crippen molar-refractivity contribution in [3.05, 3.63) is 42.6 Å². The lowest BCUT2D eigenvalue weighted by Crippen LogP contribution is -2.48. The molecule has 6 rings (SSSR count). The summed E-state index contributed by atoms with van der Waals surface area (Å²) in [5.41, 5.74) is -2.01. The molecule has 12 nitrogen and oxygen atoms in total. The van der Waals surface area contributed by atoms with Crippen LogP contribution in [0, 0.1) is 29.1 Å². The average molecular weight is 780 g/mol. The Bertz CT molecular complexity index is 1950. The number of hydrogen-bond acceptors (Lipinski definition) is 10. The van der Waals surface area contributed by atoms with Crippen molar-refractivity contribution in [3.8, 4) is 11.6 Å². The highest BCUT2D eigenvalue weighted by Gasteiger charge is 2.62. The van der Waals surface area contributed by atoms with Gasteiger partial charge in [-0.15, -0.1) is 0 Å². The molecule has 0 unspecified atom stereocenters. The fourth-order valence-corrected chi connectivity index (χ4v) is 9.82. The minimum Gasteiger partial charge on any atom is -0.496 e. The van der Waals surface area contributed by atoms with E-state index in [1.54, 1.807) is 45.9 Å². The van der Waals surface area contributed by atoms with Gasteiger partial charge in [0.15, 0.2) is 5.78 Å². The van der Waals surface area contributed by atoms with E-state index in [2.05, 4.69) is 16.6 Å². The zero-order valence-electron chi connectivity index (χ0n) is 33.3. The first-order valence-electron chi connectivity index (χ1n) is 19.8. The first-order valence-corrected chi connectivity index (χ1v) is 21.3. The maximum atomic E-state index is 15.0. The highest BCUT2D eigenvalue weighted by molar-refractivity contribution is 7.91. The maximum absolute atomic E-state index is 15.0. The van der Waals surface area contributed by atoms with E-state index >= 15 is 0 Å². The molecule has 0 spiro atoms. The largest absolute Gasteiger partial charge is 0.496 e. The van der Waals surface area contributed by atoms with E-state index in [9.17, 15) is 27.6 Å². The second-order valence-electron chi connectivity index (χ2n) is 17.6. The number of hydrogen-bond donors (Lipinski definition) is 1. The minimum atomic E-state index is -3.95. The molecule has 300 valence electrons. The fraction of sp³-hybridized carbons (Fsp3) is 0.643. The monoisotopic (exact) mass is 779 g/mol. The number of ether oxygens (including phenoxy) is 3. The maximum Gasteiger partial charge on any atom is 0.307 e. The van der Waals surface area contributed by atoms with Gasteiger partial charge in [-0.2, -0.15) is 0 Å². The third kappa shape index (κ3) is 8.71. The number of carbonyl (C=O) groups excluding carboxylic acids is 4. The number of nitrogens with zero attached hydrogens (tertiary/aromatic N) is 2. The molecule has 55 heavy (non-hydrogen) atoms. The van der Waals surface area contributed by atoms with Gasteiger partial charge in [0.2, 0.25) is 27.7 Å². The molecule has 2 aliphatic carbocycles. The molecule has 4 aliphatic rings. The van der Waals surface area contributed by atoms with Crippen molar-refractivity contribution in [2.75, 3.05) is 13.7 Å². The van der Waals surface area contributed by atoms with Crippen molar-refractivity contribution in [3.63, 3.8) is 0 Å². The molecule has 1 saturated heterocycles. The second-order valence-corrected chi connectivity index (χ2v) is 19.8. The van der Waals surface area contributed by atoms with Gasteiger partial charge in [0, 0.05) is 29.8 Å². The Morgan fingerprint density at radius 1 is 1.09 bits per heavy atom. The lowest BCUT2D eigenvalue weighted by molar-refractivity contribution is -0.160. The summed E-state index contributed by atoms with van der Waals surface area (Å²) in [5.74, 6) is -1.88. The van der Waals surface area contributed by atoms with Crippen LogP contribution in [0.1, 0.15) is 106 Å². The number of ketones is 1. The first-order chi connectivity index (χ1) is 25.9. The molecule has 1 aromatic heterocycles. The van der Waals surface area contributed by atoms with Crippen molar-refractivity contribution in [2.45, 2.75) is 128 Å². The Balaban J connectivity index is 1.37. The lowest BCUT2D eigenvalue weighted by Gasteiger charge is -2.33. The SMILES string of the molecule is CC[C@@H]1C[C@@H](C)CC/C=C\[C@@H]2C[C@@]2(C(=O)NS(=O)(=O)C2(C)CC2)CC(=O)[C@@H]2C[C@@H](Oc3nccc4c(OC)cccc34)CN2C(=O)[C@H]1CC(=O)OC(C)(C)C. The number of methoxy groups -OCH3 is 1. The second kappa shape index (κ2) is 15.5. The van der Waals surface area contributed by atoms with Crippen LogP contribution in [0.5, 0.6) is 11.6 Å². The van der Waals surface area contributed by atoms with E-state index in [0.29, 0.717) is 49.1 Å². The lowest BCUT2D eigenvalue weighted by atomic mass is 9.79. The Kier molecular flexibility index (Phi) is 11.5. The van der Waals surface area contributed by atoms with Crippen molar-refractivity contribution in [1.82, 2.24) is 14.6 Å². The summed E-state index contributed by atoms with van der Waals surface area (Å²) in [6.45, 7) is 11.2. The van der Waals surface area contributed by atoms with Crippen LogP contribution in [0.25, 0.3) is 10.8 Å². The van der Waals surface area contributed by atoms with E-state index in [4.69, 9.17) is 14.2 Å². The predicted molar refractivity (Wildman–Crippen MR) is 208 cm³/mol. The van der Waals surface area contributed by atoms with Crippen LogP contribution in [0.4, 0.5) is 0 Å².